The second-order valence-electron chi connectivity index (χ2n) is 6.10. The van der Waals surface area contributed by atoms with Crippen LogP contribution in [-0.4, -0.2) is 21.9 Å². The van der Waals surface area contributed by atoms with Gasteiger partial charge in [-0.2, -0.15) is 0 Å². The molecule has 0 aliphatic rings. The number of fused-ring (bicyclic) bond motifs is 1. The van der Waals surface area contributed by atoms with Gasteiger partial charge in [-0.15, -0.1) is 24.0 Å². The molecule has 0 fully saturated rings. The number of rotatable bonds is 5. The Morgan fingerprint density at radius 1 is 1.08 bits per heavy atom. The van der Waals surface area contributed by atoms with Crippen molar-refractivity contribution in [2.24, 2.45) is 4.99 Å². The number of imidazole rings is 1. The van der Waals surface area contributed by atoms with Gasteiger partial charge in [-0.05, 0) is 44.0 Å². The number of halogens is 1. The Balaban J connectivity index is 0.00000243. The third-order valence-corrected chi connectivity index (χ3v) is 4.20. The van der Waals surface area contributed by atoms with Gasteiger partial charge in [0.15, 0.2) is 5.96 Å². The molecule has 3 aromatic rings. The van der Waals surface area contributed by atoms with Crippen LogP contribution >= 0.6 is 24.0 Å². The largest absolute Gasteiger partial charge is 0.357 e. The molecule has 5 nitrogen and oxygen atoms in total. The van der Waals surface area contributed by atoms with E-state index in [4.69, 9.17) is 4.99 Å². The van der Waals surface area contributed by atoms with Crippen LogP contribution in [0.5, 0.6) is 0 Å². The van der Waals surface area contributed by atoms with Gasteiger partial charge in [-0.25, -0.2) is 9.98 Å². The molecular weight excluding hydrogens is 437 g/mol. The van der Waals surface area contributed by atoms with Gasteiger partial charge in [-0.3, -0.25) is 0 Å². The normalized spacial score (nSPS) is 11.3. The van der Waals surface area contributed by atoms with Crippen molar-refractivity contribution in [2.45, 2.75) is 33.9 Å². The van der Waals surface area contributed by atoms with Gasteiger partial charge in [-0.1, -0.05) is 30.3 Å². The molecule has 2 aromatic heterocycles. The molecule has 138 valence electrons. The van der Waals surface area contributed by atoms with Crippen molar-refractivity contribution in [3.63, 3.8) is 0 Å². The summed E-state index contributed by atoms with van der Waals surface area (Å²) in [5, 5.41) is 6.66. The van der Waals surface area contributed by atoms with E-state index in [1.807, 2.05) is 12.1 Å². The van der Waals surface area contributed by atoms with Crippen LogP contribution in [-0.2, 0) is 13.1 Å². The molecular formula is C20H26IN5. The maximum atomic E-state index is 4.69. The van der Waals surface area contributed by atoms with Gasteiger partial charge in [0.1, 0.15) is 5.65 Å². The molecule has 3 rings (SSSR count). The van der Waals surface area contributed by atoms with Crippen LogP contribution < -0.4 is 10.6 Å². The molecule has 1 aromatic carbocycles. The van der Waals surface area contributed by atoms with E-state index in [1.165, 1.54) is 16.8 Å². The second kappa shape index (κ2) is 9.56. The zero-order valence-corrected chi connectivity index (χ0v) is 17.8. The van der Waals surface area contributed by atoms with E-state index in [9.17, 15) is 0 Å². The number of nitrogens with one attached hydrogen (secondary N) is 2. The minimum Gasteiger partial charge on any atom is -0.357 e. The monoisotopic (exact) mass is 463 g/mol. The van der Waals surface area contributed by atoms with Crippen LogP contribution in [0.25, 0.3) is 5.65 Å². The number of aryl methyl sites for hydroxylation is 2. The molecule has 26 heavy (non-hydrogen) atoms. The smallest absolute Gasteiger partial charge is 0.191 e. The molecule has 0 saturated carbocycles. The first kappa shape index (κ1) is 20.2. The molecule has 2 N–H and O–H groups in total. The number of aliphatic imine (C=N–C) groups is 1. The lowest BCUT2D eigenvalue weighted by Crippen LogP contribution is -2.36. The lowest BCUT2D eigenvalue weighted by molar-refractivity contribution is 0.803. The van der Waals surface area contributed by atoms with Crippen LogP contribution in [0.2, 0.25) is 0 Å². The highest BCUT2D eigenvalue weighted by molar-refractivity contribution is 14.0. The number of hydrogen-bond donors (Lipinski definition) is 2. The number of hydrogen-bond acceptors (Lipinski definition) is 2. The summed E-state index contributed by atoms with van der Waals surface area (Å²) in [5.74, 6) is 0.805. The van der Waals surface area contributed by atoms with E-state index < -0.39 is 0 Å². The molecule has 2 heterocycles. The molecule has 0 unspecified atom stereocenters. The fraction of sp³-hybridized carbons (Fsp3) is 0.300. The summed E-state index contributed by atoms with van der Waals surface area (Å²) in [6.45, 7) is 8.39. The fourth-order valence-electron chi connectivity index (χ4n) is 2.75. The summed E-state index contributed by atoms with van der Waals surface area (Å²) >= 11 is 0. The summed E-state index contributed by atoms with van der Waals surface area (Å²) in [5.41, 5.74) is 5.65. The minimum atomic E-state index is 0. The summed E-state index contributed by atoms with van der Waals surface area (Å²) in [4.78, 5) is 9.35. The zero-order chi connectivity index (χ0) is 17.6. The van der Waals surface area contributed by atoms with Crippen LogP contribution in [0.1, 0.15) is 29.4 Å². The van der Waals surface area contributed by atoms with Crippen molar-refractivity contribution in [2.75, 3.05) is 6.54 Å². The van der Waals surface area contributed by atoms with Crippen molar-refractivity contribution < 1.29 is 0 Å². The average molecular weight is 463 g/mol. The van der Waals surface area contributed by atoms with Crippen molar-refractivity contribution >= 4 is 35.6 Å². The number of pyridine rings is 1. The van der Waals surface area contributed by atoms with Gasteiger partial charge in [0.2, 0.25) is 0 Å². The maximum Gasteiger partial charge on any atom is 0.191 e. The highest BCUT2D eigenvalue weighted by Crippen LogP contribution is 2.09. The summed E-state index contributed by atoms with van der Waals surface area (Å²) in [6, 6.07) is 14.5. The first-order valence-electron chi connectivity index (χ1n) is 8.67. The lowest BCUT2D eigenvalue weighted by atomic mass is 10.1. The van der Waals surface area contributed by atoms with Crippen LogP contribution in [0.4, 0.5) is 0 Å². The third-order valence-electron chi connectivity index (χ3n) is 4.20. The molecule has 0 aliphatic heterocycles. The van der Waals surface area contributed by atoms with Gasteiger partial charge < -0.3 is 15.0 Å². The van der Waals surface area contributed by atoms with Gasteiger partial charge in [0, 0.05) is 18.4 Å². The Bertz CT molecular complexity index is 885. The van der Waals surface area contributed by atoms with Crippen molar-refractivity contribution in [1.29, 1.82) is 0 Å². The van der Waals surface area contributed by atoms with Crippen molar-refractivity contribution in [1.82, 2.24) is 20.0 Å². The van der Waals surface area contributed by atoms with E-state index in [0.29, 0.717) is 13.1 Å². The van der Waals surface area contributed by atoms with Gasteiger partial charge >= 0.3 is 0 Å². The summed E-state index contributed by atoms with van der Waals surface area (Å²) < 4.78 is 2.11. The Hall–Kier alpha value is -2.09. The van der Waals surface area contributed by atoms with E-state index in [2.05, 4.69) is 77.3 Å². The number of nitrogens with zero attached hydrogens (tertiary/aromatic N) is 3. The Morgan fingerprint density at radius 3 is 2.62 bits per heavy atom. The third kappa shape index (κ3) is 4.97. The van der Waals surface area contributed by atoms with Crippen LogP contribution in [0.15, 0.2) is 53.7 Å². The Kier molecular flexibility index (Phi) is 7.44. The molecule has 0 amide bonds. The van der Waals surface area contributed by atoms with Crippen LogP contribution in [0, 0.1) is 13.8 Å². The Labute approximate surface area is 172 Å². The molecule has 6 heteroatoms. The second-order valence-corrected chi connectivity index (χ2v) is 6.10. The van der Waals surface area contributed by atoms with Gasteiger partial charge in [0.05, 0.1) is 18.8 Å². The molecule has 0 saturated heterocycles. The topological polar surface area (TPSA) is 53.7 Å². The van der Waals surface area contributed by atoms with Crippen LogP contribution in [0.3, 0.4) is 0 Å². The molecule has 0 radical (unpaired) electrons. The minimum absolute atomic E-state index is 0. The average Bonchev–Trinajstić information content (AvgIpc) is 3.03. The quantitative estimate of drug-likeness (QED) is 0.344. The summed E-state index contributed by atoms with van der Waals surface area (Å²) in [6.07, 6.45) is 2.07. The first-order valence-corrected chi connectivity index (χ1v) is 8.67. The van der Waals surface area contributed by atoms with E-state index >= 15 is 0 Å². The predicted molar refractivity (Wildman–Crippen MR) is 118 cm³/mol. The van der Waals surface area contributed by atoms with Gasteiger partial charge in [0.25, 0.3) is 0 Å². The summed E-state index contributed by atoms with van der Waals surface area (Å²) in [7, 11) is 0. The standard InChI is InChI=1S/C20H25N5.HI/c1-4-21-20(22-12-17-10-6-5-8-15(17)2)23-13-18-14-25-16(3)9-7-11-19(25)24-18;/h5-11,14H,4,12-13H2,1-3H3,(H2,21,22,23);1H. The highest BCUT2D eigenvalue weighted by Gasteiger charge is 2.05. The zero-order valence-electron chi connectivity index (χ0n) is 15.5. The molecule has 0 spiro atoms. The van der Waals surface area contributed by atoms with Crippen molar-refractivity contribution in [3.8, 4) is 0 Å². The van der Waals surface area contributed by atoms with E-state index in [1.54, 1.807) is 0 Å². The Morgan fingerprint density at radius 2 is 1.88 bits per heavy atom. The molecule has 0 bridgehead atoms. The molecule has 0 aliphatic carbocycles. The fourth-order valence-corrected chi connectivity index (χ4v) is 2.75. The number of aromatic nitrogens is 2. The van der Waals surface area contributed by atoms with E-state index in [-0.39, 0.29) is 24.0 Å². The molecule has 0 atom stereocenters. The lowest BCUT2D eigenvalue weighted by Gasteiger charge is -2.10. The van der Waals surface area contributed by atoms with Crippen molar-refractivity contribution in [3.05, 3.63) is 71.2 Å². The SMILES string of the molecule is CCNC(=NCc1ccccc1C)NCc1cn2c(C)cccc2n1.I. The highest BCUT2D eigenvalue weighted by atomic mass is 127. The number of guanidine groups is 1. The predicted octanol–water partition coefficient (Wildman–Crippen LogP) is 3.82. The van der Waals surface area contributed by atoms with E-state index in [0.717, 1.165) is 23.8 Å². The first-order chi connectivity index (χ1) is 12.2. The number of benzene rings is 1. The maximum absolute atomic E-state index is 4.69.